The van der Waals surface area contributed by atoms with Crippen molar-refractivity contribution in [2.24, 2.45) is 0 Å². The second-order valence-electron chi connectivity index (χ2n) is 4.86. The van der Waals surface area contributed by atoms with Crippen LogP contribution in [0.3, 0.4) is 0 Å². The number of rotatable bonds is 5. The maximum atomic E-state index is 11.8. The molecule has 0 amide bonds. The molecule has 0 saturated carbocycles. The van der Waals surface area contributed by atoms with Gasteiger partial charge in [-0.2, -0.15) is 0 Å². The van der Waals surface area contributed by atoms with E-state index >= 15 is 0 Å². The smallest absolute Gasteiger partial charge is 0.338 e. The Morgan fingerprint density at radius 2 is 1.41 bits per heavy atom. The van der Waals surface area contributed by atoms with Gasteiger partial charge in [0.15, 0.2) is 5.78 Å². The van der Waals surface area contributed by atoms with Crippen LogP contribution in [0.2, 0.25) is 0 Å². The van der Waals surface area contributed by atoms with Crippen molar-refractivity contribution < 1.29 is 14.3 Å². The van der Waals surface area contributed by atoms with Crippen molar-refractivity contribution in [1.29, 1.82) is 0 Å². The first kappa shape index (κ1) is 16.2. The van der Waals surface area contributed by atoms with Gasteiger partial charge in [-0.15, -0.1) is 11.6 Å². The van der Waals surface area contributed by atoms with Gasteiger partial charge in [-0.1, -0.05) is 36.4 Å². The number of Topliss-reactive ketones (excluding diaryl/α,β-unsaturated/α-hetero) is 1. The lowest BCUT2D eigenvalue weighted by Crippen LogP contribution is -2.09. The Hall–Kier alpha value is -2.13. The summed E-state index contributed by atoms with van der Waals surface area (Å²) in [4.78, 5) is 23.4. The number of halogens is 1. The molecule has 0 aliphatic heterocycles. The van der Waals surface area contributed by atoms with E-state index in [1.54, 1.807) is 38.1 Å². The minimum Gasteiger partial charge on any atom is -0.462 e. The van der Waals surface area contributed by atoms with Crippen molar-refractivity contribution >= 4 is 23.4 Å². The van der Waals surface area contributed by atoms with Gasteiger partial charge in [0.05, 0.1) is 17.5 Å². The summed E-state index contributed by atoms with van der Waals surface area (Å²) in [6, 6.07) is 14.4. The maximum absolute atomic E-state index is 11.8. The molecular formula is C18H17ClO3. The second kappa shape index (κ2) is 7.23. The van der Waals surface area contributed by atoms with Crippen molar-refractivity contribution in [3.63, 3.8) is 0 Å². The maximum Gasteiger partial charge on any atom is 0.338 e. The predicted molar refractivity (Wildman–Crippen MR) is 87.5 cm³/mol. The Labute approximate surface area is 134 Å². The average molecular weight is 317 g/mol. The van der Waals surface area contributed by atoms with Crippen LogP contribution in [0.1, 0.15) is 34.6 Å². The van der Waals surface area contributed by atoms with Crippen molar-refractivity contribution in [2.75, 3.05) is 6.61 Å². The second-order valence-corrected chi connectivity index (χ2v) is 5.51. The number of ketones is 1. The summed E-state index contributed by atoms with van der Waals surface area (Å²) in [6.45, 7) is 3.79. The van der Waals surface area contributed by atoms with Gasteiger partial charge < -0.3 is 4.74 Å². The Bertz CT molecular complexity index is 658. The molecule has 0 aliphatic rings. The normalized spacial score (nSPS) is 11.8. The highest BCUT2D eigenvalue weighted by atomic mass is 35.5. The van der Waals surface area contributed by atoms with Crippen LogP contribution in [-0.2, 0) is 4.74 Å². The van der Waals surface area contributed by atoms with E-state index in [1.165, 1.54) is 0 Å². The van der Waals surface area contributed by atoms with Crippen molar-refractivity contribution in [1.82, 2.24) is 0 Å². The fourth-order valence-corrected chi connectivity index (χ4v) is 2.20. The topological polar surface area (TPSA) is 43.4 Å². The summed E-state index contributed by atoms with van der Waals surface area (Å²) in [6.07, 6.45) is 0. The van der Waals surface area contributed by atoms with Crippen LogP contribution in [0.4, 0.5) is 0 Å². The largest absolute Gasteiger partial charge is 0.462 e. The zero-order valence-corrected chi connectivity index (χ0v) is 13.3. The van der Waals surface area contributed by atoms with Gasteiger partial charge >= 0.3 is 5.97 Å². The van der Waals surface area contributed by atoms with E-state index in [-0.39, 0.29) is 11.8 Å². The van der Waals surface area contributed by atoms with E-state index in [9.17, 15) is 9.59 Å². The molecule has 0 aliphatic carbocycles. The molecule has 2 aromatic carbocycles. The van der Waals surface area contributed by atoms with Crippen LogP contribution < -0.4 is 0 Å². The van der Waals surface area contributed by atoms with Gasteiger partial charge in [-0.05, 0) is 37.1 Å². The highest BCUT2D eigenvalue weighted by Gasteiger charge is 2.12. The lowest BCUT2D eigenvalue weighted by Gasteiger charge is -2.06. The van der Waals surface area contributed by atoms with Gasteiger partial charge in [0.1, 0.15) is 0 Å². The number of esters is 1. The van der Waals surface area contributed by atoms with Crippen LogP contribution in [0.25, 0.3) is 11.1 Å². The minimum atomic E-state index is -0.533. The highest BCUT2D eigenvalue weighted by molar-refractivity contribution is 6.33. The lowest BCUT2D eigenvalue weighted by atomic mass is 10.0. The molecule has 0 bridgehead atoms. The summed E-state index contributed by atoms with van der Waals surface area (Å²) in [7, 11) is 0. The van der Waals surface area contributed by atoms with Gasteiger partial charge in [0, 0.05) is 5.56 Å². The van der Waals surface area contributed by atoms with Crippen LogP contribution in [0.15, 0.2) is 48.5 Å². The summed E-state index contributed by atoms with van der Waals surface area (Å²) < 4.78 is 4.95. The van der Waals surface area contributed by atoms with E-state index in [0.717, 1.165) is 11.1 Å². The first-order chi connectivity index (χ1) is 10.5. The monoisotopic (exact) mass is 316 g/mol. The quantitative estimate of drug-likeness (QED) is 0.468. The molecule has 1 atom stereocenters. The molecule has 22 heavy (non-hydrogen) atoms. The van der Waals surface area contributed by atoms with Crippen molar-refractivity contribution in [3.05, 3.63) is 59.7 Å². The third-order valence-electron chi connectivity index (χ3n) is 3.26. The molecule has 2 aromatic rings. The van der Waals surface area contributed by atoms with Gasteiger partial charge in [-0.3, -0.25) is 4.79 Å². The Balaban J connectivity index is 2.18. The molecule has 0 heterocycles. The third-order valence-corrected chi connectivity index (χ3v) is 3.46. The molecule has 4 heteroatoms. The van der Waals surface area contributed by atoms with Crippen LogP contribution in [0, 0.1) is 0 Å². The zero-order chi connectivity index (χ0) is 16.1. The Morgan fingerprint density at radius 3 is 1.82 bits per heavy atom. The van der Waals surface area contributed by atoms with E-state index in [4.69, 9.17) is 16.3 Å². The van der Waals surface area contributed by atoms with Crippen molar-refractivity contribution in [3.8, 4) is 11.1 Å². The first-order valence-electron chi connectivity index (χ1n) is 7.09. The number of carbonyl (C=O) groups is 2. The summed E-state index contributed by atoms with van der Waals surface area (Å²) >= 11 is 5.80. The third kappa shape index (κ3) is 3.74. The predicted octanol–water partition coefficient (Wildman–Crippen LogP) is 4.34. The number of alkyl halides is 1. The fourth-order valence-electron chi connectivity index (χ4n) is 2.07. The van der Waals surface area contributed by atoms with E-state index in [0.29, 0.717) is 17.7 Å². The summed E-state index contributed by atoms with van der Waals surface area (Å²) in [5, 5.41) is -0.533. The van der Waals surface area contributed by atoms with E-state index < -0.39 is 5.38 Å². The first-order valence-corrected chi connectivity index (χ1v) is 7.52. The fraction of sp³-hybridized carbons (Fsp3) is 0.222. The number of ether oxygens (including phenoxy) is 1. The molecule has 0 fully saturated rings. The molecule has 0 aromatic heterocycles. The molecular weight excluding hydrogens is 300 g/mol. The molecule has 0 radical (unpaired) electrons. The van der Waals surface area contributed by atoms with E-state index in [2.05, 4.69) is 0 Å². The van der Waals surface area contributed by atoms with Crippen molar-refractivity contribution in [2.45, 2.75) is 19.2 Å². The lowest BCUT2D eigenvalue weighted by molar-refractivity contribution is 0.0526. The number of benzene rings is 2. The van der Waals surface area contributed by atoms with Gasteiger partial charge in [0.2, 0.25) is 0 Å². The standard InChI is InChI=1S/C18H17ClO3/c1-3-22-18(21)16-10-6-14(7-11-16)13-4-8-15(9-5-13)17(20)12(2)19/h4-12H,3H2,1-2H3. The number of carbonyl (C=O) groups excluding carboxylic acids is 2. The van der Waals surface area contributed by atoms with Crippen LogP contribution in [-0.4, -0.2) is 23.7 Å². The minimum absolute atomic E-state index is 0.0918. The molecule has 0 spiro atoms. The molecule has 114 valence electrons. The Kier molecular flexibility index (Phi) is 5.34. The average Bonchev–Trinajstić information content (AvgIpc) is 2.54. The van der Waals surface area contributed by atoms with Gasteiger partial charge in [0.25, 0.3) is 0 Å². The number of hydrogen-bond donors (Lipinski definition) is 0. The zero-order valence-electron chi connectivity index (χ0n) is 12.5. The molecule has 1 unspecified atom stereocenters. The van der Waals surface area contributed by atoms with Crippen LogP contribution in [0.5, 0.6) is 0 Å². The van der Waals surface area contributed by atoms with E-state index in [1.807, 2.05) is 24.3 Å². The molecule has 0 saturated heterocycles. The van der Waals surface area contributed by atoms with Gasteiger partial charge in [-0.25, -0.2) is 4.79 Å². The molecule has 3 nitrogen and oxygen atoms in total. The SMILES string of the molecule is CCOC(=O)c1ccc(-c2ccc(C(=O)C(C)Cl)cc2)cc1. The summed E-state index contributed by atoms with van der Waals surface area (Å²) in [5.41, 5.74) is 3.04. The summed E-state index contributed by atoms with van der Waals surface area (Å²) in [5.74, 6) is -0.419. The van der Waals surface area contributed by atoms with Crippen LogP contribution >= 0.6 is 11.6 Å². The Morgan fingerprint density at radius 1 is 0.955 bits per heavy atom. The number of hydrogen-bond acceptors (Lipinski definition) is 3. The molecule has 0 N–H and O–H groups in total. The highest BCUT2D eigenvalue weighted by Crippen LogP contribution is 2.21. The molecule has 2 rings (SSSR count).